The molecule has 2 rings (SSSR count). The van der Waals surface area contributed by atoms with Gasteiger partial charge in [0.05, 0.1) is 6.54 Å². The molecular weight excluding hydrogens is 184 g/mol. The molecule has 0 aliphatic carbocycles. The van der Waals surface area contributed by atoms with Crippen LogP contribution in [0.4, 0.5) is 0 Å². The van der Waals surface area contributed by atoms with Crippen molar-refractivity contribution >= 4 is 0 Å². The lowest BCUT2D eigenvalue weighted by Crippen LogP contribution is -2.36. The second-order valence-corrected chi connectivity index (χ2v) is 5.31. The molecule has 2 nitrogen and oxygen atoms in total. The zero-order chi connectivity index (χ0) is 11.1. The van der Waals surface area contributed by atoms with Gasteiger partial charge in [0.15, 0.2) is 0 Å². The second kappa shape index (κ2) is 3.44. The van der Waals surface area contributed by atoms with E-state index < -0.39 is 0 Å². The lowest BCUT2D eigenvalue weighted by atomic mass is 9.91. The molecule has 0 saturated carbocycles. The Morgan fingerprint density at radius 1 is 1.33 bits per heavy atom. The van der Waals surface area contributed by atoms with Gasteiger partial charge in [0.2, 0.25) is 0 Å². The van der Waals surface area contributed by atoms with E-state index in [0.717, 1.165) is 19.6 Å². The van der Waals surface area contributed by atoms with Gasteiger partial charge in [-0.25, -0.2) is 0 Å². The highest BCUT2D eigenvalue weighted by Gasteiger charge is 2.23. The molecule has 0 amide bonds. The summed E-state index contributed by atoms with van der Waals surface area (Å²) in [7, 11) is 0. The summed E-state index contributed by atoms with van der Waals surface area (Å²) in [6, 6.07) is 4.32. The first kappa shape index (κ1) is 10.3. The van der Waals surface area contributed by atoms with Gasteiger partial charge in [-0.3, -0.25) is 0 Å². The number of hydrogen-bond acceptors (Lipinski definition) is 1. The smallest absolute Gasteiger partial charge is 0.0579 e. The van der Waals surface area contributed by atoms with Gasteiger partial charge in [0, 0.05) is 36.1 Å². The minimum absolute atomic E-state index is 0.175. The van der Waals surface area contributed by atoms with Crippen LogP contribution >= 0.6 is 0 Å². The van der Waals surface area contributed by atoms with Crippen LogP contribution in [0.25, 0.3) is 0 Å². The van der Waals surface area contributed by atoms with Crippen molar-refractivity contribution in [2.45, 2.75) is 33.9 Å². The van der Waals surface area contributed by atoms with Crippen LogP contribution in [-0.4, -0.2) is 16.0 Å². The monoisotopic (exact) mass is 204 g/mol. The Morgan fingerprint density at radius 3 is 2.73 bits per heavy atom. The first-order chi connectivity index (χ1) is 6.98. The number of hydrogen-bond donors (Lipinski definition) is 0. The maximum Gasteiger partial charge on any atom is 0.0579 e. The molecule has 15 heavy (non-hydrogen) atoms. The normalized spacial score (nSPS) is 16.3. The maximum absolute atomic E-state index is 4.22. The molecule has 0 saturated heterocycles. The zero-order valence-corrected chi connectivity index (χ0v) is 9.95. The summed E-state index contributed by atoms with van der Waals surface area (Å²) in [5.74, 6) is 0. The van der Waals surface area contributed by atoms with Crippen molar-refractivity contribution in [3.8, 4) is 0 Å². The Bertz CT molecular complexity index is 368. The van der Waals surface area contributed by atoms with Crippen LogP contribution in [-0.2, 0) is 13.1 Å². The van der Waals surface area contributed by atoms with Crippen molar-refractivity contribution in [2.24, 2.45) is 5.41 Å². The van der Waals surface area contributed by atoms with Crippen molar-refractivity contribution in [1.29, 1.82) is 0 Å². The Balaban J connectivity index is 2.14. The van der Waals surface area contributed by atoms with E-state index in [4.69, 9.17) is 0 Å². The summed E-state index contributed by atoms with van der Waals surface area (Å²) in [6.45, 7) is 14.1. The molecule has 0 unspecified atom stereocenters. The summed E-state index contributed by atoms with van der Waals surface area (Å²) < 4.78 is 2.33. The topological polar surface area (TPSA) is 8.17 Å². The molecule has 1 aliphatic heterocycles. The number of allylic oxidation sites excluding steroid dienone is 1. The highest BCUT2D eigenvalue weighted by Crippen LogP contribution is 2.29. The number of fused-ring (bicyclic) bond motifs is 1. The van der Waals surface area contributed by atoms with Gasteiger partial charge in [-0.1, -0.05) is 27.4 Å². The molecule has 0 N–H and O–H groups in total. The lowest BCUT2D eigenvalue weighted by molar-refractivity contribution is 0.225. The van der Waals surface area contributed by atoms with Gasteiger partial charge in [0.1, 0.15) is 0 Å². The molecule has 2 heterocycles. The Labute approximate surface area is 92.2 Å². The van der Waals surface area contributed by atoms with Crippen LogP contribution in [0.15, 0.2) is 30.6 Å². The van der Waals surface area contributed by atoms with Crippen molar-refractivity contribution in [1.82, 2.24) is 9.47 Å². The number of nitrogens with zero attached hydrogens (tertiary/aromatic N) is 2. The fourth-order valence-electron chi connectivity index (χ4n) is 2.02. The third kappa shape index (κ3) is 1.94. The molecule has 1 aromatic heterocycles. The Kier molecular flexibility index (Phi) is 2.37. The molecule has 1 aromatic rings. The van der Waals surface area contributed by atoms with Crippen molar-refractivity contribution < 1.29 is 0 Å². The third-order valence-electron chi connectivity index (χ3n) is 3.13. The van der Waals surface area contributed by atoms with Crippen LogP contribution in [0.2, 0.25) is 0 Å². The van der Waals surface area contributed by atoms with Gasteiger partial charge in [0.25, 0.3) is 0 Å². The predicted octanol–water partition coefficient (Wildman–Crippen LogP) is 2.86. The largest absolute Gasteiger partial charge is 0.367 e. The van der Waals surface area contributed by atoms with Gasteiger partial charge in [-0.05, 0) is 12.1 Å². The van der Waals surface area contributed by atoms with Crippen LogP contribution in [0, 0.1) is 5.41 Å². The molecule has 0 fully saturated rings. The maximum atomic E-state index is 4.22. The quantitative estimate of drug-likeness (QED) is 0.683. The zero-order valence-electron chi connectivity index (χ0n) is 9.95. The van der Waals surface area contributed by atoms with Crippen LogP contribution in [0.1, 0.15) is 26.5 Å². The fourth-order valence-corrected chi connectivity index (χ4v) is 2.02. The summed E-state index contributed by atoms with van der Waals surface area (Å²) >= 11 is 0. The van der Waals surface area contributed by atoms with E-state index in [1.807, 2.05) is 0 Å². The van der Waals surface area contributed by atoms with Crippen LogP contribution in [0.5, 0.6) is 0 Å². The van der Waals surface area contributed by atoms with E-state index in [1.54, 1.807) is 0 Å². The van der Waals surface area contributed by atoms with Crippen LogP contribution < -0.4 is 0 Å². The first-order valence-corrected chi connectivity index (χ1v) is 5.57. The molecule has 0 aromatic carbocycles. The van der Waals surface area contributed by atoms with Gasteiger partial charge in [-0.15, -0.1) is 0 Å². The SMILES string of the molecule is C=C(N1CCn2cccc2C1)C(C)(C)C. The molecule has 0 bridgehead atoms. The predicted molar refractivity (Wildman–Crippen MR) is 63.4 cm³/mol. The second-order valence-electron chi connectivity index (χ2n) is 5.31. The number of rotatable bonds is 1. The average molecular weight is 204 g/mol. The van der Waals surface area contributed by atoms with Gasteiger partial charge < -0.3 is 9.47 Å². The summed E-state index contributed by atoms with van der Waals surface area (Å²) in [5, 5.41) is 0. The van der Waals surface area contributed by atoms with E-state index in [9.17, 15) is 0 Å². The third-order valence-corrected chi connectivity index (χ3v) is 3.13. The average Bonchev–Trinajstić information content (AvgIpc) is 2.61. The first-order valence-electron chi connectivity index (χ1n) is 5.57. The molecular formula is C13H20N2. The van der Waals surface area contributed by atoms with Gasteiger partial charge >= 0.3 is 0 Å². The fraction of sp³-hybridized carbons (Fsp3) is 0.538. The van der Waals surface area contributed by atoms with E-state index in [0.29, 0.717) is 0 Å². The van der Waals surface area contributed by atoms with Crippen molar-refractivity contribution in [2.75, 3.05) is 6.54 Å². The molecule has 1 aliphatic rings. The van der Waals surface area contributed by atoms with E-state index in [1.165, 1.54) is 11.4 Å². The standard InChI is InChI=1S/C13H20N2/c1-11(13(2,3)4)15-9-8-14-7-5-6-12(14)10-15/h5-7H,1,8-10H2,2-4H3. The highest BCUT2D eigenvalue weighted by molar-refractivity contribution is 5.13. The minimum Gasteiger partial charge on any atom is -0.367 e. The highest BCUT2D eigenvalue weighted by atomic mass is 15.2. The minimum atomic E-state index is 0.175. The summed E-state index contributed by atoms with van der Waals surface area (Å²) in [6.07, 6.45) is 2.16. The summed E-state index contributed by atoms with van der Waals surface area (Å²) in [5.41, 5.74) is 2.82. The molecule has 82 valence electrons. The van der Waals surface area contributed by atoms with E-state index in [2.05, 4.69) is 55.1 Å². The van der Waals surface area contributed by atoms with Crippen LogP contribution in [0.3, 0.4) is 0 Å². The molecule has 0 spiro atoms. The van der Waals surface area contributed by atoms with Crippen molar-refractivity contribution in [3.05, 3.63) is 36.3 Å². The molecule has 2 heteroatoms. The Morgan fingerprint density at radius 2 is 2.07 bits per heavy atom. The Hall–Kier alpha value is -1.18. The molecule has 0 atom stereocenters. The van der Waals surface area contributed by atoms with Gasteiger partial charge in [-0.2, -0.15) is 0 Å². The van der Waals surface area contributed by atoms with E-state index >= 15 is 0 Å². The van der Waals surface area contributed by atoms with E-state index in [-0.39, 0.29) is 5.41 Å². The molecule has 0 radical (unpaired) electrons. The number of aromatic nitrogens is 1. The summed E-state index contributed by atoms with van der Waals surface area (Å²) in [4.78, 5) is 2.40. The lowest BCUT2D eigenvalue weighted by Gasteiger charge is -2.37. The van der Waals surface area contributed by atoms with Crippen molar-refractivity contribution in [3.63, 3.8) is 0 Å².